The van der Waals surface area contributed by atoms with Gasteiger partial charge in [0.25, 0.3) is 0 Å². The van der Waals surface area contributed by atoms with Gasteiger partial charge in [-0.25, -0.2) is 9.64 Å². The molecule has 1 aliphatic heterocycles. The minimum Gasteiger partial charge on any atom is -0.444 e. The smallest absolute Gasteiger partial charge is 0.410 e. The zero-order chi connectivity index (χ0) is 17.5. The van der Waals surface area contributed by atoms with Gasteiger partial charge in [0.2, 0.25) is 0 Å². The van der Waals surface area contributed by atoms with Crippen molar-refractivity contribution in [3.8, 4) is 0 Å². The predicted molar refractivity (Wildman–Crippen MR) is 90.2 cm³/mol. The van der Waals surface area contributed by atoms with Crippen LogP contribution < -0.4 is 0 Å². The van der Waals surface area contributed by atoms with Crippen molar-refractivity contribution in [1.29, 1.82) is 0 Å². The summed E-state index contributed by atoms with van der Waals surface area (Å²) in [5, 5.41) is 0. The fraction of sp³-hybridized carbons (Fsp3) is 0.526. The van der Waals surface area contributed by atoms with Crippen LogP contribution in [0.25, 0.3) is 4.85 Å². The van der Waals surface area contributed by atoms with Crippen LogP contribution in [0.3, 0.4) is 0 Å². The minimum absolute atomic E-state index is 0.165. The van der Waals surface area contributed by atoms with Crippen LogP contribution in [0.1, 0.15) is 49.5 Å². The number of likely N-dealkylation sites (tertiary alicyclic amines) is 1. The lowest BCUT2D eigenvalue weighted by molar-refractivity contribution is 0.0114. The van der Waals surface area contributed by atoms with Gasteiger partial charge in [-0.15, -0.1) is 0 Å². The third-order valence-electron chi connectivity index (χ3n) is 4.85. The molecular weight excluding hydrogens is 304 g/mol. The third kappa shape index (κ3) is 2.89. The molecule has 0 N–H and O–H groups in total. The van der Waals surface area contributed by atoms with Crippen molar-refractivity contribution in [2.24, 2.45) is 5.41 Å². The molecule has 0 bridgehead atoms. The summed E-state index contributed by atoms with van der Waals surface area (Å²) in [4.78, 5) is 30.2. The van der Waals surface area contributed by atoms with E-state index in [0.29, 0.717) is 38.0 Å². The summed E-state index contributed by atoms with van der Waals surface area (Å²) < 4.78 is 5.42. The molecule has 24 heavy (non-hydrogen) atoms. The molecule has 0 radical (unpaired) electrons. The maximum Gasteiger partial charge on any atom is 0.410 e. The summed E-state index contributed by atoms with van der Waals surface area (Å²) in [6.45, 7) is 13.7. The van der Waals surface area contributed by atoms with Gasteiger partial charge >= 0.3 is 6.09 Å². The zero-order valence-corrected chi connectivity index (χ0v) is 14.4. The number of rotatable bonds is 0. The quantitative estimate of drug-likeness (QED) is 0.677. The van der Waals surface area contributed by atoms with E-state index in [1.165, 1.54) is 0 Å². The van der Waals surface area contributed by atoms with Crippen LogP contribution in [0.4, 0.5) is 10.5 Å². The number of benzene rings is 1. The van der Waals surface area contributed by atoms with Crippen LogP contribution in [0, 0.1) is 12.0 Å². The summed E-state index contributed by atoms with van der Waals surface area (Å²) in [7, 11) is 0. The van der Waals surface area contributed by atoms with Crippen molar-refractivity contribution in [2.45, 2.75) is 45.6 Å². The maximum absolute atomic E-state index is 12.9. The van der Waals surface area contributed by atoms with E-state index in [1.807, 2.05) is 26.8 Å². The Kier molecular flexibility index (Phi) is 3.87. The van der Waals surface area contributed by atoms with Crippen molar-refractivity contribution < 1.29 is 14.3 Å². The molecule has 5 heteroatoms. The van der Waals surface area contributed by atoms with Crippen molar-refractivity contribution >= 4 is 17.6 Å². The molecule has 1 saturated heterocycles. The van der Waals surface area contributed by atoms with E-state index in [1.54, 1.807) is 17.0 Å². The van der Waals surface area contributed by atoms with E-state index in [9.17, 15) is 9.59 Å². The number of hydrogen-bond acceptors (Lipinski definition) is 3. The Bertz CT molecular complexity index is 732. The molecule has 2 aliphatic rings. The van der Waals surface area contributed by atoms with E-state index >= 15 is 0 Å². The maximum atomic E-state index is 12.9. The molecule has 0 atom stereocenters. The Morgan fingerprint density at radius 3 is 2.54 bits per heavy atom. The Hall–Kier alpha value is -2.35. The van der Waals surface area contributed by atoms with E-state index < -0.39 is 11.0 Å². The second-order valence-electron chi connectivity index (χ2n) is 7.71. The van der Waals surface area contributed by atoms with Gasteiger partial charge in [0, 0.05) is 24.1 Å². The van der Waals surface area contributed by atoms with Crippen LogP contribution in [0.15, 0.2) is 18.2 Å². The summed E-state index contributed by atoms with van der Waals surface area (Å²) in [5.74, 6) is 0.165. The van der Waals surface area contributed by atoms with Crippen molar-refractivity contribution in [3.63, 3.8) is 0 Å². The van der Waals surface area contributed by atoms with Gasteiger partial charge < -0.3 is 9.64 Å². The normalized spacial score (nSPS) is 19.1. The number of carbonyl (C=O) groups excluding carboxylic acids is 2. The van der Waals surface area contributed by atoms with Gasteiger partial charge in [-0.1, -0.05) is 18.2 Å². The number of carbonyl (C=O) groups is 2. The molecule has 126 valence electrons. The van der Waals surface area contributed by atoms with Gasteiger partial charge in [0.15, 0.2) is 11.5 Å². The molecule has 1 amide bonds. The first-order valence-corrected chi connectivity index (χ1v) is 8.27. The second kappa shape index (κ2) is 5.62. The highest BCUT2D eigenvalue weighted by molar-refractivity contribution is 6.05. The highest BCUT2D eigenvalue weighted by Crippen LogP contribution is 2.45. The van der Waals surface area contributed by atoms with E-state index in [2.05, 4.69) is 4.85 Å². The zero-order valence-electron chi connectivity index (χ0n) is 14.4. The molecule has 1 spiro atoms. The van der Waals surface area contributed by atoms with Crippen molar-refractivity contribution in [2.75, 3.05) is 13.1 Å². The van der Waals surface area contributed by atoms with Crippen molar-refractivity contribution in [3.05, 3.63) is 40.7 Å². The van der Waals surface area contributed by atoms with E-state index in [0.717, 1.165) is 11.1 Å². The third-order valence-corrected chi connectivity index (χ3v) is 4.85. The number of ketones is 1. The number of ether oxygens (including phenoxy) is 1. The largest absolute Gasteiger partial charge is 0.444 e. The second-order valence-corrected chi connectivity index (χ2v) is 7.71. The number of nitrogens with zero attached hydrogens (tertiary/aromatic N) is 2. The Labute approximate surface area is 142 Å². The van der Waals surface area contributed by atoms with Crippen LogP contribution >= 0.6 is 0 Å². The van der Waals surface area contributed by atoms with Gasteiger partial charge in [0.05, 0.1) is 6.57 Å². The van der Waals surface area contributed by atoms with E-state index in [-0.39, 0.29) is 11.9 Å². The number of fused-ring (bicyclic) bond motifs is 1. The fourth-order valence-electron chi connectivity index (χ4n) is 3.60. The summed E-state index contributed by atoms with van der Waals surface area (Å²) in [6.07, 6.45) is 1.66. The summed E-state index contributed by atoms with van der Waals surface area (Å²) >= 11 is 0. The molecule has 1 aromatic carbocycles. The average molecular weight is 326 g/mol. The van der Waals surface area contributed by atoms with Crippen LogP contribution in [-0.2, 0) is 11.2 Å². The molecule has 0 aromatic heterocycles. The van der Waals surface area contributed by atoms with Crippen LogP contribution in [0.5, 0.6) is 0 Å². The van der Waals surface area contributed by atoms with Gasteiger partial charge in [0.1, 0.15) is 5.60 Å². The molecular formula is C19H22N2O3. The topological polar surface area (TPSA) is 51.0 Å². The first kappa shape index (κ1) is 16.5. The van der Waals surface area contributed by atoms with Crippen molar-refractivity contribution in [1.82, 2.24) is 4.90 Å². The highest BCUT2D eigenvalue weighted by Gasteiger charge is 2.47. The van der Waals surface area contributed by atoms with Crippen LogP contribution in [0.2, 0.25) is 0 Å². The Balaban J connectivity index is 1.72. The predicted octanol–water partition coefficient (Wildman–Crippen LogP) is 3.99. The highest BCUT2D eigenvalue weighted by atomic mass is 16.6. The van der Waals surface area contributed by atoms with Crippen LogP contribution in [-0.4, -0.2) is 35.5 Å². The molecule has 1 fully saturated rings. The number of hydrogen-bond donors (Lipinski definition) is 0. The fourth-order valence-corrected chi connectivity index (χ4v) is 3.60. The number of amides is 1. The van der Waals surface area contributed by atoms with Gasteiger partial charge in [-0.2, -0.15) is 0 Å². The molecule has 1 aromatic rings. The summed E-state index contributed by atoms with van der Waals surface area (Å²) in [6, 6.07) is 5.31. The minimum atomic E-state index is -0.512. The molecule has 1 aliphatic carbocycles. The number of piperidine rings is 1. The Morgan fingerprint density at radius 1 is 1.29 bits per heavy atom. The Morgan fingerprint density at radius 2 is 1.96 bits per heavy atom. The van der Waals surface area contributed by atoms with Gasteiger partial charge in [-0.3, -0.25) is 4.79 Å². The van der Waals surface area contributed by atoms with Gasteiger partial charge in [-0.05, 0) is 45.6 Å². The first-order valence-electron chi connectivity index (χ1n) is 8.27. The lowest BCUT2D eigenvalue weighted by Crippen LogP contribution is -2.47. The first-order chi connectivity index (χ1) is 11.2. The molecule has 0 unspecified atom stereocenters. The summed E-state index contributed by atoms with van der Waals surface area (Å²) in [5.41, 5.74) is 1.36. The average Bonchev–Trinajstić information content (AvgIpc) is 2.78. The standard InChI is InChI=1S/C19H22N2O3/c1-18(2,3)24-17(23)21-9-7-19(8-10-21)12-13-11-14(20-4)5-6-15(13)16(19)22/h5-6,11H,7-10,12H2,1-3H3. The molecule has 0 saturated carbocycles. The monoisotopic (exact) mass is 326 g/mol. The molecule has 5 nitrogen and oxygen atoms in total. The SMILES string of the molecule is [C-]#[N+]c1ccc2c(c1)CC1(CCN(C(=O)OC(C)(C)C)CC1)C2=O. The lowest BCUT2D eigenvalue weighted by atomic mass is 9.75. The van der Waals surface area contributed by atoms with E-state index in [4.69, 9.17) is 11.3 Å². The lowest BCUT2D eigenvalue weighted by Gasteiger charge is -2.38. The molecule has 1 heterocycles. The molecule has 3 rings (SSSR count). The number of Topliss-reactive ketones (excluding diaryl/α,β-unsaturated/α-hetero) is 1.